The summed E-state index contributed by atoms with van der Waals surface area (Å²) in [5.74, 6) is 1.86. The van der Waals surface area contributed by atoms with Crippen molar-refractivity contribution in [2.75, 3.05) is 0 Å². The molecule has 0 bridgehead atoms. The van der Waals surface area contributed by atoms with Gasteiger partial charge in [0.2, 0.25) is 0 Å². The molecule has 0 aliphatic carbocycles. The zero-order valence-corrected chi connectivity index (χ0v) is 9.16. The molecule has 3 heteroatoms. The third-order valence-corrected chi connectivity index (χ3v) is 2.24. The number of aromatic nitrogens is 3. The molecule has 1 aromatic heterocycles. The maximum Gasteiger partial charge on any atom is 0.132 e. The standard InChI is InChI=1S/C11H19N3/c1-3-5-6-7-8-11-13-9-12-10(4-2)14-11/h9H,3-8H2,1-2H3. The van der Waals surface area contributed by atoms with Crippen LogP contribution in [0.3, 0.4) is 0 Å². The van der Waals surface area contributed by atoms with Gasteiger partial charge in [-0.05, 0) is 6.42 Å². The van der Waals surface area contributed by atoms with Crippen LogP contribution in [0.25, 0.3) is 0 Å². The summed E-state index contributed by atoms with van der Waals surface area (Å²) in [4.78, 5) is 12.6. The fourth-order valence-electron chi connectivity index (χ4n) is 1.37. The molecule has 0 aliphatic rings. The molecule has 1 rings (SSSR count). The van der Waals surface area contributed by atoms with E-state index in [1.807, 2.05) is 0 Å². The summed E-state index contributed by atoms with van der Waals surface area (Å²) in [5.41, 5.74) is 0. The van der Waals surface area contributed by atoms with Crippen LogP contribution in [-0.4, -0.2) is 15.0 Å². The second kappa shape index (κ2) is 6.46. The number of aryl methyl sites for hydroxylation is 2. The van der Waals surface area contributed by atoms with Gasteiger partial charge < -0.3 is 0 Å². The summed E-state index contributed by atoms with van der Waals surface area (Å²) in [7, 11) is 0. The Hall–Kier alpha value is -0.990. The summed E-state index contributed by atoms with van der Waals surface area (Å²) >= 11 is 0. The predicted molar refractivity (Wildman–Crippen MR) is 57.1 cm³/mol. The van der Waals surface area contributed by atoms with Crippen molar-refractivity contribution in [2.45, 2.75) is 52.4 Å². The molecule has 0 radical (unpaired) electrons. The molecule has 1 heterocycles. The fourth-order valence-corrected chi connectivity index (χ4v) is 1.37. The Balaban J connectivity index is 2.34. The molecule has 14 heavy (non-hydrogen) atoms. The lowest BCUT2D eigenvalue weighted by molar-refractivity contribution is 0.646. The van der Waals surface area contributed by atoms with Crippen molar-refractivity contribution in [3.63, 3.8) is 0 Å². The highest BCUT2D eigenvalue weighted by molar-refractivity contribution is 4.90. The molecule has 0 atom stereocenters. The molecule has 0 N–H and O–H groups in total. The summed E-state index contributed by atoms with van der Waals surface area (Å²) in [6.07, 6.45) is 8.58. The van der Waals surface area contributed by atoms with E-state index in [4.69, 9.17) is 0 Å². The molecule has 0 saturated carbocycles. The van der Waals surface area contributed by atoms with Crippen molar-refractivity contribution in [1.29, 1.82) is 0 Å². The zero-order valence-electron chi connectivity index (χ0n) is 9.16. The van der Waals surface area contributed by atoms with Crippen LogP contribution in [-0.2, 0) is 12.8 Å². The molecule has 0 spiro atoms. The lowest BCUT2D eigenvalue weighted by atomic mass is 10.1. The number of hydrogen-bond donors (Lipinski definition) is 0. The zero-order chi connectivity index (χ0) is 10.2. The third-order valence-electron chi connectivity index (χ3n) is 2.24. The minimum absolute atomic E-state index is 0.893. The lowest BCUT2D eigenvalue weighted by Crippen LogP contribution is -2.01. The highest BCUT2D eigenvalue weighted by Crippen LogP contribution is 2.03. The largest absolute Gasteiger partial charge is 0.221 e. The number of hydrogen-bond acceptors (Lipinski definition) is 3. The molecule has 1 aromatic rings. The second-order valence-electron chi connectivity index (χ2n) is 3.48. The van der Waals surface area contributed by atoms with Gasteiger partial charge in [-0.1, -0.05) is 33.1 Å². The molecule has 0 unspecified atom stereocenters. The number of rotatable bonds is 6. The minimum atomic E-state index is 0.893. The van der Waals surface area contributed by atoms with E-state index in [2.05, 4.69) is 28.8 Å². The van der Waals surface area contributed by atoms with Gasteiger partial charge in [-0.3, -0.25) is 0 Å². The van der Waals surface area contributed by atoms with Crippen molar-refractivity contribution < 1.29 is 0 Å². The van der Waals surface area contributed by atoms with Gasteiger partial charge in [0.25, 0.3) is 0 Å². The second-order valence-corrected chi connectivity index (χ2v) is 3.48. The molecular formula is C11H19N3. The van der Waals surface area contributed by atoms with Crippen molar-refractivity contribution in [3.05, 3.63) is 18.0 Å². The van der Waals surface area contributed by atoms with Crippen LogP contribution in [0.1, 0.15) is 51.2 Å². The maximum atomic E-state index is 4.37. The van der Waals surface area contributed by atoms with Crippen molar-refractivity contribution in [1.82, 2.24) is 15.0 Å². The van der Waals surface area contributed by atoms with Crippen LogP contribution in [0.2, 0.25) is 0 Å². The summed E-state index contributed by atoms with van der Waals surface area (Å²) < 4.78 is 0. The molecule has 0 aliphatic heterocycles. The Morgan fingerprint density at radius 2 is 1.79 bits per heavy atom. The summed E-state index contributed by atoms with van der Waals surface area (Å²) in [6.45, 7) is 4.29. The van der Waals surface area contributed by atoms with Crippen LogP contribution in [0, 0.1) is 0 Å². The van der Waals surface area contributed by atoms with E-state index in [-0.39, 0.29) is 0 Å². The van der Waals surface area contributed by atoms with Crippen LogP contribution >= 0.6 is 0 Å². The highest BCUT2D eigenvalue weighted by atomic mass is 15.0. The van der Waals surface area contributed by atoms with Gasteiger partial charge in [-0.25, -0.2) is 15.0 Å². The third kappa shape index (κ3) is 3.81. The van der Waals surface area contributed by atoms with Crippen molar-refractivity contribution in [3.8, 4) is 0 Å². The van der Waals surface area contributed by atoms with Gasteiger partial charge in [0.05, 0.1) is 0 Å². The monoisotopic (exact) mass is 193 g/mol. The van der Waals surface area contributed by atoms with Crippen molar-refractivity contribution >= 4 is 0 Å². The molecule has 0 fully saturated rings. The fraction of sp³-hybridized carbons (Fsp3) is 0.727. The van der Waals surface area contributed by atoms with Gasteiger partial charge in [-0.2, -0.15) is 0 Å². The molecule has 78 valence electrons. The Bertz CT molecular complexity index is 260. The maximum absolute atomic E-state index is 4.37. The van der Waals surface area contributed by atoms with E-state index >= 15 is 0 Å². The topological polar surface area (TPSA) is 38.7 Å². The Morgan fingerprint density at radius 1 is 1.00 bits per heavy atom. The van der Waals surface area contributed by atoms with E-state index in [0.29, 0.717) is 0 Å². The van der Waals surface area contributed by atoms with E-state index in [0.717, 1.165) is 24.5 Å². The van der Waals surface area contributed by atoms with Gasteiger partial charge in [0.15, 0.2) is 0 Å². The van der Waals surface area contributed by atoms with Crippen molar-refractivity contribution in [2.24, 2.45) is 0 Å². The van der Waals surface area contributed by atoms with E-state index < -0.39 is 0 Å². The Kier molecular flexibility index (Phi) is 5.12. The molecular weight excluding hydrogens is 174 g/mol. The van der Waals surface area contributed by atoms with E-state index in [1.54, 1.807) is 6.33 Å². The average Bonchev–Trinajstić information content (AvgIpc) is 2.25. The predicted octanol–water partition coefficient (Wildman–Crippen LogP) is 2.56. The summed E-state index contributed by atoms with van der Waals surface area (Å²) in [5, 5.41) is 0. The van der Waals surface area contributed by atoms with Gasteiger partial charge >= 0.3 is 0 Å². The van der Waals surface area contributed by atoms with E-state index in [1.165, 1.54) is 25.7 Å². The lowest BCUT2D eigenvalue weighted by Gasteiger charge is -2.00. The first kappa shape index (κ1) is 11.1. The average molecular weight is 193 g/mol. The number of nitrogens with zero attached hydrogens (tertiary/aromatic N) is 3. The van der Waals surface area contributed by atoms with Crippen LogP contribution < -0.4 is 0 Å². The first-order valence-corrected chi connectivity index (χ1v) is 5.53. The Labute approximate surface area is 86.0 Å². The SMILES string of the molecule is CCCCCCc1ncnc(CC)n1. The van der Waals surface area contributed by atoms with Gasteiger partial charge in [0.1, 0.15) is 18.0 Å². The van der Waals surface area contributed by atoms with Crippen LogP contribution in [0.4, 0.5) is 0 Å². The first-order valence-electron chi connectivity index (χ1n) is 5.53. The molecule has 3 nitrogen and oxygen atoms in total. The minimum Gasteiger partial charge on any atom is -0.221 e. The Morgan fingerprint density at radius 3 is 2.50 bits per heavy atom. The van der Waals surface area contributed by atoms with E-state index in [9.17, 15) is 0 Å². The molecule has 0 saturated heterocycles. The van der Waals surface area contributed by atoms with Gasteiger partial charge in [-0.15, -0.1) is 0 Å². The quantitative estimate of drug-likeness (QED) is 0.652. The van der Waals surface area contributed by atoms with Crippen LogP contribution in [0.15, 0.2) is 6.33 Å². The molecule has 0 aromatic carbocycles. The highest BCUT2D eigenvalue weighted by Gasteiger charge is 1.98. The number of unbranched alkanes of at least 4 members (excludes halogenated alkanes) is 3. The summed E-state index contributed by atoms with van der Waals surface area (Å²) in [6, 6.07) is 0. The smallest absolute Gasteiger partial charge is 0.132 e. The normalized spacial score (nSPS) is 10.4. The van der Waals surface area contributed by atoms with Crippen LogP contribution in [0.5, 0.6) is 0 Å². The van der Waals surface area contributed by atoms with Gasteiger partial charge in [0, 0.05) is 12.8 Å². The first-order chi connectivity index (χ1) is 6.86. The molecule has 0 amide bonds.